The Morgan fingerprint density at radius 2 is 2.04 bits per heavy atom. The van der Waals surface area contributed by atoms with Gasteiger partial charge in [0.15, 0.2) is 0 Å². The monoisotopic (exact) mass is 379 g/mol. The fourth-order valence-corrected chi connectivity index (χ4v) is 3.97. The number of aromatic amines is 3. The molecule has 1 saturated heterocycles. The Bertz CT molecular complexity index is 1070. The van der Waals surface area contributed by atoms with Gasteiger partial charge in [0.05, 0.1) is 29.4 Å². The number of rotatable bonds is 6. The van der Waals surface area contributed by atoms with Crippen LogP contribution in [0.2, 0.25) is 0 Å². The summed E-state index contributed by atoms with van der Waals surface area (Å²) in [5, 5.41) is 18.1. The lowest BCUT2D eigenvalue weighted by Gasteiger charge is -2.29. The molecule has 5 rings (SSSR count). The number of likely N-dealkylation sites (tertiary alicyclic amines) is 1. The molecule has 0 radical (unpaired) electrons. The van der Waals surface area contributed by atoms with Crippen LogP contribution in [0.1, 0.15) is 19.3 Å². The minimum absolute atomic E-state index is 0.111. The van der Waals surface area contributed by atoms with Crippen molar-refractivity contribution in [1.82, 2.24) is 25.1 Å². The second-order valence-electron chi connectivity index (χ2n) is 7.55. The van der Waals surface area contributed by atoms with Crippen molar-refractivity contribution in [2.45, 2.75) is 25.4 Å². The van der Waals surface area contributed by atoms with E-state index in [9.17, 15) is 5.11 Å². The molecule has 1 aromatic carbocycles. The third-order valence-electron chi connectivity index (χ3n) is 5.56. The van der Waals surface area contributed by atoms with Gasteiger partial charge in [0.2, 0.25) is 0 Å². The number of ether oxygens (including phenoxy) is 1. The van der Waals surface area contributed by atoms with Gasteiger partial charge in [-0.2, -0.15) is 5.10 Å². The average molecular weight is 379 g/mol. The molecule has 0 bridgehead atoms. The summed E-state index contributed by atoms with van der Waals surface area (Å²) in [5.41, 5.74) is 4.95. The lowest BCUT2D eigenvalue weighted by atomic mass is 10.1. The van der Waals surface area contributed by atoms with E-state index in [2.05, 4.69) is 43.3 Å². The van der Waals surface area contributed by atoms with E-state index in [1.165, 1.54) is 0 Å². The molecule has 4 aromatic rings. The summed E-state index contributed by atoms with van der Waals surface area (Å²) >= 11 is 0. The Balaban J connectivity index is 1.22. The standard InChI is InChI=1S/C21H25N5O2/c27-15-5-9-26(10-6-15)8-1-11-28-16-2-3-17-14(12-16)13-19(23-17)21-20-18(24-25-21)4-7-22-20/h2-4,7,12-13,15,22-23,27H,1,5-6,8-11H2,(H,24,25). The zero-order chi connectivity index (χ0) is 18.9. The van der Waals surface area contributed by atoms with Crippen molar-refractivity contribution >= 4 is 21.9 Å². The normalized spacial score (nSPS) is 16.3. The molecule has 7 heteroatoms. The summed E-state index contributed by atoms with van der Waals surface area (Å²) in [6.45, 7) is 3.69. The second-order valence-corrected chi connectivity index (χ2v) is 7.55. The summed E-state index contributed by atoms with van der Waals surface area (Å²) < 4.78 is 5.97. The van der Waals surface area contributed by atoms with E-state index >= 15 is 0 Å². The Morgan fingerprint density at radius 1 is 1.14 bits per heavy atom. The van der Waals surface area contributed by atoms with Gasteiger partial charge in [0, 0.05) is 36.7 Å². The van der Waals surface area contributed by atoms with Crippen LogP contribution in [0.15, 0.2) is 36.5 Å². The van der Waals surface area contributed by atoms with Crippen LogP contribution in [-0.2, 0) is 0 Å². The van der Waals surface area contributed by atoms with Crippen molar-refractivity contribution in [2.75, 3.05) is 26.2 Å². The molecule has 0 unspecified atom stereocenters. The molecule has 4 N–H and O–H groups in total. The number of aliphatic hydroxyl groups excluding tert-OH is 1. The maximum Gasteiger partial charge on any atom is 0.132 e. The van der Waals surface area contributed by atoms with Crippen molar-refractivity contribution in [3.8, 4) is 17.1 Å². The van der Waals surface area contributed by atoms with E-state index in [0.717, 1.165) is 78.0 Å². The highest BCUT2D eigenvalue weighted by Crippen LogP contribution is 2.29. The quantitative estimate of drug-likeness (QED) is 0.387. The first-order chi connectivity index (χ1) is 13.8. The second kappa shape index (κ2) is 7.33. The number of nitrogens with zero attached hydrogens (tertiary/aromatic N) is 2. The molecule has 7 nitrogen and oxygen atoms in total. The van der Waals surface area contributed by atoms with Crippen LogP contribution in [0, 0.1) is 0 Å². The van der Waals surface area contributed by atoms with Crippen LogP contribution < -0.4 is 4.74 Å². The van der Waals surface area contributed by atoms with Gasteiger partial charge >= 0.3 is 0 Å². The Morgan fingerprint density at radius 3 is 2.93 bits per heavy atom. The van der Waals surface area contributed by atoms with E-state index in [1.54, 1.807) is 0 Å². The van der Waals surface area contributed by atoms with Crippen LogP contribution >= 0.6 is 0 Å². The van der Waals surface area contributed by atoms with Gasteiger partial charge in [0.1, 0.15) is 11.4 Å². The fraction of sp³-hybridized carbons (Fsp3) is 0.381. The molecule has 146 valence electrons. The third kappa shape index (κ3) is 3.39. The number of benzene rings is 1. The first-order valence-electron chi connectivity index (χ1n) is 9.94. The van der Waals surface area contributed by atoms with E-state index in [-0.39, 0.29) is 6.10 Å². The lowest BCUT2D eigenvalue weighted by molar-refractivity contribution is 0.0800. The molecule has 0 aliphatic carbocycles. The summed E-state index contributed by atoms with van der Waals surface area (Å²) in [6.07, 6.45) is 4.56. The van der Waals surface area contributed by atoms with Gasteiger partial charge in [-0.25, -0.2) is 0 Å². The molecule has 0 amide bonds. The molecule has 0 saturated carbocycles. The van der Waals surface area contributed by atoms with Crippen LogP contribution in [0.5, 0.6) is 5.75 Å². The molecule has 1 aliphatic heterocycles. The van der Waals surface area contributed by atoms with E-state index < -0.39 is 0 Å². The Hall–Kier alpha value is -2.77. The maximum atomic E-state index is 9.58. The summed E-state index contributed by atoms with van der Waals surface area (Å²) in [6, 6.07) is 10.2. The molecule has 3 aromatic heterocycles. The van der Waals surface area contributed by atoms with Crippen LogP contribution in [0.3, 0.4) is 0 Å². The Labute approximate surface area is 162 Å². The molecular weight excluding hydrogens is 354 g/mol. The molecule has 4 heterocycles. The molecule has 1 fully saturated rings. The number of aliphatic hydroxyl groups is 1. The van der Waals surface area contributed by atoms with Crippen molar-refractivity contribution in [3.05, 3.63) is 36.5 Å². The number of piperidine rings is 1. The topological polar surface area (TPSA) is 93.0 Å². The number of nitrogens with one attached hydrogen (secondary N) is 3. The number of aromatic nitrogens is 4. The minimum atomic E-state index is -0.111. The summed E-state index contributed by atoms with van der Waals surface area (Å²) in [4.78, 5) is 9.07. The summed E-state index contributed by atoms with van der Waals surface area (Å²) in [5.74, 6) is 0.888. The van der Waals surface area contributed by atoms with Crippen molar-refractivity contribution in [1.29, 1.82) is 0 Å². The number of H-pyrrole nitrogens is 3. The van der Waals surface area contributed by atoms with Gasteiger partial charge in [-0.3, -0.25) is 5.10 Å². The molecule has 28 heavy (non-hydrogen) atoms. The van der Waals surface area contributed by atoms with Gasteiger partial charge in [-0.15, -0.1) is 0 Å². The van der Waals surface area contributed by atoms with E-state index in [4.69, 9.17) is 4.74 Å². The zero-order valence-electron chi connectivity index (χ0n) is 15.7. The molecule has 0 atom stereocenters. The van der Waals surface area contributed by atoms with Gasteiger partial charge in [-0.05, 0) is 49.6 Å². The third-order valence-corrected chi connectivity index (χ3v) is 5.56. The number of hydrogen-bond donors (Lipinski definition) is 4. The first kappa shape index (κ1) is 17.3. The minimum Gasteiger partial charge on any atom is -0.494 e. The van der Waals surface area contributed by atoms with Gasteiger partial charge < -0.3 is 24.7 Å². The predicted octanol–water partition coefficient (Wildman–Crippen LogP) is 3.26. The van der Waals surface area contributed by atoms with Gasteiger partial charge in [0.25, 0.3) is 0 Å². The van der Waals surface area contributed by atoms with Crippen molar-refractivity contribution < 1.29 is 9.84 Å². The lowest BCUT2D eigenvalue weighted by Crippen LogP contribution is -2.36. The highest BCUT2D eigenvalue weighted by molar-refractivity contribution is 5.94. The number of hydrogen-bond acceptors (Lipinski definition) is 4. The average Bonchev–Trinajstić information content (AvgIpc) is 3.41. The highest BCUT2D eigenvalue weighted by Gasteiger charge is 2.16. The SMILES string of the molecule is OC1CCN(CCCOc2ccc3[nH]c(-c4n[nH]c5cc[nH]c45)cc3c2)CC1. The Kier molecular flexibility index (Phi) is 4.54. The first-order valence-corrected chi connectivity index (χ1v) is 9.94. The predicted molar refractivity (Wildman–Crippen MR) is 110 cm³/mol. The molecule has 1 aliphatic rings. The van der Waals surface area contributed by atoms with Crippen molar-refractivity contribution in [2.24, 2.45) is 0 Å². The van der Waals surface area contributed by atoms with Crippen molar-refractivity contribution in [3.63, 3.8) is 0 Å². The smallest absolute Gasteiger partial charge is 0.132 e. The summed E-state index contributed by atoms with van der Waals surface area (Å²) in [7, 11) is 0. The van der Waals surface area contributed by atoms with Crippen LogP contribution in [-0.4, -0.2) is 62.5 Å². The fourth-order valence-electron chi connectivity index (χ4n) is 3.97. The number of fused-ring (bicyclic) bond motifs is 2. The van der Waals surface area contributed by atoms with Crippen LogP contribution in [0.4, 0.5) is 0 Å². The highest BCUT2D eigenvalue weighted by atomic mass is 16.5. The largest absolute Gasteiger partial charge is 0.494 e. The van der Waals surface area contributed by atoms with Gasteiger partial charge in [-0.1, -0.05) is 0 Å². The van der Waals surface area contributed by atoms with Crippen LogP contribution in [0.25, 0.3) is 33.3 Å². The maximum absolute atomic E-state index is 9.58. The molecule has 0 spiro atoms. The zero-order valence-corrected chi connectivity index (χ0v) is 15.7. The molecular formula is C21H25N5O2. The van der Waals surface area contributed by atoms with E-state index in [1.807, 2.05) is 18.3 Å². The van der Waals surface area contributed by atoms with E-state index in [0.29, 0.717) is 6.61 Å².